The van der Waals surface area contributed by atoms with Gasteiger partial charge >= 0.3 is 0 Å². The first kappa shape index (κ1) is 10.6. The van der Waals surface area contributed by atoms with Crippen molar-refractivity contribution in [2.75, 3.05) is 5.75 Å². The molecule has 10 heavy (non-hydrogen) atoms. The molecular weight excluding hydrogens is 218 g/mol. The van der Waals surface area contributed by atoms with Gasteiger partial charge in [-0.3, -0.25) is 4.34 Å². The van der Waals surface area contributed by atoms with Gasteiger partial charge in [0.05, 0.1) is 5.75 Å². The molecule has 5 heteroatoms. The van der Waals surface area contributed by atoms with Crippen molar-refractivity contribution in [1.82, 2.24) is 4.34 Å². The summed E-state index contributed by atoms with van der Waals surface area (Å²) in [5, 5.41) is 0. The lowest BCUT2D eigenvalue weighted by Crippen LogP contribution is -2.33. The van der Waals surface area contributed by atoms with Crippen LogP contribution in [0, 0.1) is 0 Å². The van der Waals surface area contributed by atoms with E-state index in [2.05, 4.69) is 20.5 Å². The Morgan fingerprint density at radius 2 is 2.20 bits per heavy atom. The quantitative estimate of drug-likeness (QED) is 0.565. The number of hydrogen-bond acceptors (Lipinski definition) is 2. The van der Waals surface area contributed by atoms with Gasteiger partial charge < -0.3 is 4.55 Å². The number of rotatable bonds is 4. The molecule has 0 saturated carbocycles. The molecule has 0 aliphatic heterocycles. The Labute approximate surface area is 72.2 Å². The summed E-state index contributed by atoms with van der Waals surface area (Å²) in [5.74, 6) is 0.311. The first-order valence-electron chi connectivity index (χ1n) is 2.93. The molecule has 2 N–H and O–H groups in total. The first-order valence-corrected chi connectivity index (χ1v) is 5.00. The minimum Gasteiger partial charge on any atom is -0.306 e. The summed E-state index contributed by atoms with van der Waals surface area (Å²) in [7, 11) is 0. The Morgan fingerprint density at radius 3 is 2.50 bits per heavy atom. The normalized spacial score (nSPS) is 15.2. The predicted molar refractivity (Wildman–Crippen MR) is 46.4 cm³/mol. The molecule has 0 aromatic heterocycles. The third kappa shape index (κ3) is 5.34. The van der Waals surface area contributed by atoms with Crippen molar-refractivity contribution in [2.45, 2.75) is 25.8 Å². The molecule has 0 amide bonds. The van der Waals surface area contributed by atoms with Crippen LogP contribution in [0.1, 0.15) is 20.3 Å². The minimum atomic E-state index is -1.67. The van der Waals surface area contributed by atoms with Crippen molar-refractivity contribution in [3.05, 3.63) is 0 Å². The van der Waals surface area contributed by atoms with E-state index in [0.717, 1.165) is 0 Å². The zero-order valence-electron chi connectivity index (χ0n) is 6.06. The van der Waals surface area contributed by atoms with E-state index >= 15 is 0 Å². The van der Waals surface area contributed by atoms with Crippen LogP contribution in [-0.4, -0.2) is 20.1 Å². The van der Waals surface area contributed by atoms with Crippen LogP contribution in [0.5, 0.6) is 0 Å². The first-order chi connectivity index (χ1) is 4.48. The maximum Gasteiger partial charge on any atom is 0.152 e. The molecule has 0 heterocycles. The fourth-order valence-corrected chi connectivity index (χ4v) is 1.27. The van der Waals surface area contributed by atoms with Gasteiger partial charge in [0.15, 0.2) is 11.1 Å². The van der Waals surface area contributed by atoms with E-state index in [1.807, 2.05) is 13.8 Å². The average Bonchev–Trinajstić information content (AvgIpc) is 1.85. The Morgan fingerprint density at radius 1 is 1.70 bits per heavy atom. The van der Waals surface area contributed by atoms with Crippen LogP contribution in [0.15, 0.2) is 0 Å². The van der Waals surface area contributed by atoms with Gasteiger partial charge in [0, 0.05) is 21.7 Å². The number of halogens is 1. The maximum absolute atomic E-state index is 10.2. The molecule has 1 atom stereocenters. The zero-order chi connectivity index (χ0) is 8.20. The molecular formula is C5H12BrNO2S. The minimum absolute atomic E-state index is 0.113. The van der Waals surface area contributed by atoms with E-state index in [9.17, 15) is 4.21 Å². The predicted octanol–water partition coefficient (Wildman–Crippen LogP) is 1.28. The smallest absolute Gasteiger partial charge is 0.152 e. The summed E-state index contributed by atoms with van der Waals surface area (Å²) in [5.41, 5.74) is -0.113. The SMILES string of the molecule is CC(C)(CCS(=O)O)NBr. The third-order valence-electron chi connectivity index (χ3n) is 1.16. The lowest BCUT2D eigenvalue weighted by molar-refractivity contribution is 0.463. The molecule has 3 nitrogen and oxygen atoms in total. The summed E-state index contributed by atoms with van der Waals surface area (Å²) in [4.78, 5) is 0. The van der Waals surface area contributed by atoms with Crippen LogP contribution in [-0.2, 0) is 11.1 Å². The summed E-state index contributed by atoms with van der Waals surface area (Å²) in [6, 6.07) is 0. The largest absolute Gasteiger partial charge is 0.306 e. The van der Waals surface area contributed by atoms with Gasteiger partial charge in [0.2, 0.25) is 0 Å². The third-order valence-corrected chi connectivity index (χ3v) is 2.78. The molecule has 0 spiro atoms. The van der Waals surface area contributed by atoms with Crippen LogP contribution < -0.4 is 4.34 Å². The molecule has 0 radical (unpaired) electrons. The van der Waals surface area contributed by atoms with Gasteiger partial charge in [-0.2, -0.15) is 0 Å². The highest BCUT2D eigenvalue weighted by Gasteiger charge is 2.15. The van der Waals surface area contributed by atoms with Gasteiger partial charge in [-0.25, -0.2) is 4.21 Å². The Bertz CT molecular complexity index is 129. The number of nitrogens with one attached hydrogen (secondary N) is 1. The zero-order valence-corrected chi connectivity index (χ0v) is 8.46. The van der Waals surface area contributed by atoms with Crippen LogP contribution in [0.4, 0.5) is 0 Å². The van der Waals surface area contributed by atoms with Crippen molar-refractivity contribution in [1.29, 1.82) is 0 Å². The van der Waals surface area contributed by atoms with Crippen molar-refractivity contribution in [3.63, 3.8) is 0 Å². The standard InChI is InChI=1S/C5H12BrNO2S/c1-5(2,7-6)3-4-10(8)9/h7H,3-4H2,1-2H3,(H,8,9). The lowest BCUT2D eigenvalue weighted by atomic mass is 10.0. The summed E-state index contributed by atoms with van der Waals surface area (Å²) < 4.78 is 21.5. The van der Waals surface area contributed by atoms with Gasteiger partial charge in [-0.15, -0.1) is 0 Å². The highest BCUT2D eigenvalue weighted by molar-refractivity contribution is 9.08. The molecule has 0 rings (SSSR count). The fraction of sp³-hybridized carbons (Fsp3) is 1.00. The van der Waals surface area contributed by atoms with Gasteiger partial charge in [-0.05, 0) is 20.3 Å². The molecule has 0 saturated heterocycles. The highest BCUT2D eigenvalue weighted by atomic mass is 79.9. The van der Waals surface area contributed by atoms with Gasteiger partial charge in [-0.1, -0.05) is 0 Å². The van der Waals surface area contributed by atoms with E-state index in [-0.39, 0.29) is 5.54 Å². The molecule has 0 bridgehead atoms. The van der Waals surface area contributed by atoms with E-state index in [1.54, 1.807) is 0 Å². The maximum atomic E-state index is 10.2. The molecule has 62 valence electrons. The second kappa shape index (κ2) is 4.43. The van der Waals surface area contributed by atoms with Crippen LogP contribution in [0.2, 0.25) is 0 Å². The lowest BCUT2D eigenvalue weighted by Gasteiger charge is -2.20. The monoisotopic (exact) mass is 229 g/mol. The van der Waals surface area contributed by atoms with Crippen molar-refractivity contribution in [3.8, 4) is 0 Å². The van der Waals surface area contributed by atoms with Crippen molar-refractivity contribution >= 4 is 27.2 Å². The van der Waals surface area contributed by atoms with Crippen molar-refractivity contribution < 1.29 is 8.76 Å². The van der Waals surface area contributed by atoms with E-state index < -0.39 is 11.1 Å². The van der Waals surface area contributed by atoms with Crippen LogP contribution in [0.25, 0.3) is 0 Å². The molecule has 1 unspecified atom stereocenters. The van der Waals surface area contributed by atoms with Crippen LogP contribution >= 0.6 is 16.1 Å². The Balaban J connectivity index is 3.56. The topological polar surface area (TPSA) is 49.3 Å². The summed E-state index contributed by atoms with van der Waals surface area (Å²) >= 11 is 1.42. The van der Waals surface area contributed by atoms with Gasteiger partial charge in [0.25, 0.3) is 0 Å². The molecule has 0 aromatic carbocycles. The molecule has 0 fully saturated rings. The van der Waals surface area contributed by atoms with Gasteiger partial charge in [0.1, 0.15) is 0 Å². The van der Waals surface area contributed by atoms with E-state index in [1.165, 1.54) is 0 Å². The molecule has 0 aliphatic rings. The van der Waals surface area contributed by atoms with E-state index in [0.29, 0.717) is 12.2 Å². The second-order valence-electron chi connectivity index (χ2n) is 2.75. The van der Waals surface area contributed by atoms with Crippen molar-refractivity contribution in [2.24, 2.45) is 0 Å². The second-order valence-corrected chi connectivity index (χ2v) is 4.20. The number of hydrogen-bond donors (Lipinski definition) is 2. The summed E-state index contributed by atoms with van der Waals surface area (Å²) in [6.07, 6.45) is 0.668. The fourth-order valence-electron chi connectivity index (χ4n) is 0.390. The molecule has 0 aliphatic carbocycles. The Kier molecular flexibility index (Phi) is 4.68. The molecule has 0 aromatic rings. The van der Waals surface area contributed by atoms with E-state index in [4.69, 9.17) is 4.55 Å². The average molecular weight is 230 g/mol. The Hall–Kier alpha value is 0.550. The highest BCUT2D eigenvalue weighted by Crippen LogP contribution is 2.09. The van der Waals surface area contributed by atoms with Crippen LogP contribution in [0.3, 0.4) is 0 Å². The summed E-state index contributed by atoms with van der Waals surface area (Å²) in [6.45, 7) is 3.91.